The molecule has 0 amide bonds. The van der Waals surface area contributed by atoms with Crippen molar-refractivity contribution in [2.45, 2.75) is 55.8 Å². The molecule has 1 heterocycles. The van der Waals surface area contributed by atoms with Crippen LogP contribution in [0.5, 0.6) is 0 Å². The zero-order valence-electron chi connectivity index (χ0n) is 25.9. The predicted molar refractivity (Wildman–Crippen MR) is 159 cm³/mol. The number of rotatable bonds is 13. The molecule has 0 radical (unpaired) electrons. The summed E-state index contributed by atoms with van der Waals surface area (Å²) in [4.78, 5) is 0. The molecular formula is C34H35BrO5. The molecular weight excluding hydrogens is 568 g/mol. The Morgan fingerprint density at radius 3 is 1.35 bits per heavy atom. The van der Waals surface area contributed by atoms with Gasteiger partial charge in [-0.1, -0.05) is 137 Å². The Kier molecular flexibility index (Phi) is 9.08. The fourth-order valence-corrected chi connectivity index (χ4v) is 5.00. The van der Waals surface area contributed by atoms with Crippen molar-refractivity contribution in [1.29, 1.82) is 0 Å². The van der Waals surface area contributed by atoms with Crippen molar-refractivity contribution in [2.24, 2.45) is 0 Å². The summed E-state index contributed by atoms with van der Waals surface area (Å²) in [7, 11) is 0. The van der Waals surface area contributed by atoms with E-state index < -0.39 is 55.8 Å². The Bertz CT molecular complexity index is 1390. The third-order valence-electron chi connectivity index (χ3n) is 6.34. The molecule has 0 saturated carbocycles. The smallest absolute Gasteiger partial charge is 0.141 e. The molecule has 0 spiro atoms. The minimum absolute atomic E-state index is 0.0547. The number of halogens is 1. The number of hydrogen-bond donors (Lipinski definition) is 0. The largest absolute Gasteiger partial charge is 0.374 e. The fraction of sp³-hybridized carbons (Fsp3) is 0.294. The monoisotopic (exact) mass is 606 g/mol. The van der Waals surface area contributed by atoms with Crippen molar-refractivity contribution in [3.8, 4) is 0 Å². The number of hydrogen-bond acceptors (Lipinski definition) is 5. The van der Waals surface area contributed by atoms with E-state index in [1.54, 1.807) is 36.4 Å². The lowest BCUT2D eigenvalue weighted by molar-refractivity contribution is -0.253. The summed E-state index contributed by atoms with van der Waals surface area (Å²) in [5, 5.41) is -0.776. The zero-order valence-corrected chi connectivity index (χ0v) is 23.5. The molecule has 208 valence electrons. The Morgan fingerprint density at radius 1 is 0.525 bits per heavy atom. The van der Waals surface area contributed by atoms with Crippen LogP contribution in [0, 0.1) is 0 Å². The molecule has 5 rings (SSSR count). The van der Waals surface area contributed by atoms with Gasteiger partial charge in [-0.05, 0) is 22.3 Å². The summed E-state index contributed by atoms with van der Waals surface area (Å²) in [6.07, 6.45) is -3.63. The van der Waals surface area contributed by atoms with Crippen LogP contribution in [0.15, 0.2) is 121 Å². The van der Waals surface area contributed by atoms with Crippen LogP contribution >= 0.6 is 15.9 Å². The van der Waals surface area contributed by atoms with Crippen LogP contribution in [0.3, 0.4) is 0 Å². The second-order valence-corrected chi connectivity index (χ2v) is 10.2. The van der Waals surface area contributed by atoms with Gasteiger partial charge in [0, 0.05) is 0 Å². The third kappa shape index (κ3) is 8.33. The van der Waals surface area contributed by atoms with E-state index in [4.69, 9.17) is 29.2 Å². The van der Waals surface area contributed by atoms with Crippen molar-refractivity contribution in [1.82, 2.24) is 0 Å². The van der Waals surface area contributed by atoms with Crippen LogP contribution in [-0.2, 0) is 50.0 Å². The number of ether oxygens (including phenoxy) is 5. The quantitative estimate of drug-likeness (QED) is 0.152. The Labute approximate surface area is 250 Å². The normalized spacial score (nSPS) is 27.3. The van der Waals surface area contributed by atoms with E-state index in [0.29, 0.717) is 22.3 Å². The summed E-state index contributed by atoms with van der Waals surface area (Å²) in [6.45, 7) is -4.35. The van der Waals surface area contributed by atoms with Gasteiger partial charge in [-0.2, -0.15) is 0 Å². The second kappa shape index (κ2) is 15.2. The molecule has 4 aromatic carbocycles. The lowest BCUT2D eigenvalue weighted by atomic mass is 9.99. The minimum atomic E-state index is -1.12. The summed E-state index contributed by atoms with van der Waals surface area (Å²) >= 11 is 3.60. The van der Waals surface area contributed by atoms with Crippen molar-refractivity contribution in [2.75, 3.05) is 6.61 Å². The molecule has 1 aliphatic heterocycles. The third-order valence-corrected chi connectivity index (χ3v) is 7.08. The first-order chi connectivity index (χ1) is 21.4. The average molecular weight is 608 g/mol. The van der Waals surface area contributed by atoms with Crippen molar-refractivity contribution in [3.05, 3.63) is 144 Å². The van der Waals surface area contributed by atoms with Crippen LogP contribution in [-0.4, -0.2) is 36.0 Å². The number of benzene rings is 4. The van der Waals surface area contributed by atoms with Crippen LogP contribution in [0.4, 0.5) is 0 Å². The van der Waals surface area contributed by atoms with E-state index in [2.05, 4.69) is 15.9 Å². The van der Waals surface area contributed by atoms with Gasteiger partial charge < -0.3 is 23.7 Å². The maximum Gasteiger partial charge on any atom is 0.141 e. The summed E-state index contributed by atoms with van der Waals surface area (Å²) in [5.74, 6) is 0. The van der Waals surface area contributed by atoms with E-state index in [1.807, 2.05) is 84.9 Å². The second-order valence-electron chi connectivity index (χ2n) is 9.28. The molecule has 0 aromatic heterocycles. The zero-order chi connectivity index (χ0) is 30.9. The highest BCUT2D eigenvalue weighted by atomic mass is 79.9. The molecule has 1 fully saturated rings. The van der Waals surface area contributed by atoms with Crippen LogP contribution in [0.1, 0.15) is 27.7 Å². The van der Waals surface area contributed by atoms with E-state index in [1.165, 1.54) is 0 Å². The minimum Gasteiger partial charge on any atom is -0.374 e. The molecule has 4 aromatic rings. The van der Waals surface area contributed by atoms with Gasteiger partial charge in [0.15, 0.2) is 0 Å². The number of alkyl halides is 1. The highest BCUT2D eigenvalue weighted by molar-refractivity contribution is 9.09. The molecule has 6 heteroatoms. The molecule has 1 saturated heterocycles. The van der Waals surface area contributed by atoms with Crippen LogP contribution in [0.25, 0.3) is 0 Å². The van der Waals surface area contributed by atoms with Gasteiger partial charge >= 0.3 is 0 Å². The topological polar surface area (TPSA) is 46.2 Å². The first kappa shape index (κ1) is 23.8. The molecule has 5 unspecified atom stereocenters. The molecule has 1 aliphatic rings. The summed E-state index contributed by atoms with van der Waals surface area (Å²) in [5.41, 5.74) is 2.58. The van der Waals surface area contributed by atoms with Crippen molar-refractivity contribution < 1.29 is 29.2 Å². The molecule has 5 nitrogen and oxygen atoms in total. The molecule has 9 atom stereocenters. The molecule has 0 aliphatic carbocycles. The Hall–Kier alpha value is -2.84. The standard InChI is InChI=1S/C34H35BrO5/c35-34-33(39-24-29-19-11-4-12-20-29)32(38-23-28-17-9-3-10-18-28)31(37-22-27-15-7-2-8-16-27)30(40-34)25-36-21-26-13-5-1-6-14-26/h1-20,30-34H,21-25H2/t30-,31+,32+,33-,34?/m1/s1/i21D,22D,23D,24D/t21?,22?,23?,24?,30-,31+,32+,33-,34?. The van der Waals surface area contributed by atoms with Crippen molar-refractivity contribution in [3.63, 3.8) is 0 Å². The lowest BCUT2D eigenvalue weighted by Gasteiger charge is -2.44. The Balaban J connectivity index is 1.46. The summed E-state index contributed by atoms with van der Waals surface area (Å²) < 4.78 is 66.4. The maximum absolute atomic E-state index is 8.89. The van der Waals surface area contributed by atoms with Gasteiger partial charge in [0.1, 0.15) is 29.4 Å². The summed E-state index contributed by atoms with van der Waals surface area (Å²) in [6, 6.07) is 36.6. The fourth-order valence-electron chi connectivity index (χ4n) is 4.30. The average Bonchev–Trinajstić information content (AvgIpc) is 3.07. The van der Waals surface area contributed by atoms with E-state index in [-0.39, 0.29) is 6.61 Å². The van der Waals surface area contributed by atoms with Gasteiger partial charge in [0.2, 0.25) is 0 Å². The van der Waals surface area contributed by atoms with Crippen LogP contribution < -0.4 is 0 Å². The first-order valence-corrected chi connectivity index (χ1v) is 14.1. The van der Waals surface area contributed by atoms with Crippen molar-refractivity contribution >= 4 is 15.9 Å². The highest BCUT2D eigenvalue weighted by Gasteiger charge is 2.47. The lowest BCUT2D eigenvalue weighted by Crippen LogP contribution is -2.59. The maximum atomic E-state index is 8.89. The van der Waals surface area contributed by atoms with Crippen LogP contribution in [0.2, 0.25) is 0 Å². The van der Waals surface area contributed by atoms with E-state index in [9.17, 15) is 0 Å². The highest BCUT2D eigenvalue weighted by Crippen LogP contribution is 2.33. The van der Waals surface area contributed by atoms with E-state index in [0.717, 1.165) is 0 Å². The van der Waals surface area contributed by atoms with Gasteiger partial charge in [-0.15, -0.1) is 0 Å². The Morgan fingerprint density at radius 2 is 0.900 bits per heavy atom. The van der Waals surface area contributed by atoms with E-state index >= 15 is 0 Å². The van der Waals surface area contributed by atoms with Gasteiger partial charge in [0.05, 0.1) is 38.4 Å². The van der Waals surface area contributed by atoms with Gasteiger partial charge in [0.25, 0.3) is 0 Å². The van der Waals surface area contributed by atoms with Gasteiger partial charge in [-0.3, -0.25) is 0 Å². The van der Waals surface area contributed by atoms with Gasteiger partial charge in [-0.25, -0.2) is 0 Å². The predicted octanol–water partition coefficient (Wildman–Crippen LogP) is 7.08. The molecule has 0 N–H and O–H groups in total. The molecule has 0 bridgehead atoms. The SMILES string of the molecule is [2H]C(OC[C@H]1OC(Br)[C@H](OC([2H])c2ccccc2)[C@@H](OC([2H])c2ccccc2)[C@H]1OC([2H])c1ccccc1)c1ccccc1. The molecule has 40 heavy (non-hydrogen) atoms. The first-order valence-electron chi connectivity index (χ1n) is 15.5.